The molecule has 0 aliphatic heterocycles. The number of methoxy groups -OCH3 is 1. The van der Waals surface area contributed by atoms with Crippen LogP contribution in [0.25, 0.3) is 0 Å². The molecule has 0 spiro atoms. The quantitative estimate of drug-likeness (QED) is 0.761. The summed E-state index contributed by atoms with van der Waals surface area (Å²) in [5.41, 5.74) is 1.81. The number of benzene rings is 1. The van der Waals surface area contributed by atoms with Crippen molar-refractivity contribution in [2.45, 2.75) is 20.1 Å². The van der Waals surface area contributed by atoms with Crippen LogP contribution in [0.1, 0.15) is 18.3 Å². The molecule has 0 bridgehead atoms. The van der Waals surface area contributed by atoms with Crippen LogP contribution >= 0.6 is 0 Å². The minimum Gasteiger partial charge on any atom is -0.497 e. The summed E-state index contributed by atoms with van der Waals surface area (Å²) >= 11 is 0. The highest BCUT2D eigenvalue weighted by Gasteiger charge is 2.13. The Labute approximate surface area is 123 Å². The van der Waals surface area contributed by atoms with Crippen LogP contribution in [0.4, 0.5) is 0 Å². The Morgan fingerprint density at radius 2 is 2.19 bits per heavy atom. The van der Waals surface area contributed by atoms with Gasteiger partial charge < -0.3 is 9.47 Å². The molecule has 0 aliphatic carbocycles. The van der Waals surface area contributed by atoms with E-state index in [0.717, 1.165) is 5.57 Å². The molecule has 0 radical (unpaired) electrons. The molecule has 0 saturated carbocycles. The predicted molar refractivity (Wildman–Crippen MR) is 76.9 cm³/mol. The largest absolute Gasteiger partial charge is 0.497 e. The molecule has 0 fully saturated rings. The van der Waals surface area contributed by atoms with E-state index in [2.05, 4.69) is 16.9 Å². The van der Waals surface area contributed by atoms with Crippen molar-refractivity contribution < 1.29 is 9.47 Å². The van der Waals surface area contributed by atoms with E-state index in [-0.39, 0.29) is 12.3 Å². The minimum atomic E-state index is 0.205. The Kier molecular flexibility index (Phi) is 4.57. The smallest absolute Gasteiger partial charge is 0.189 e. The van der Waals surface area contributed by atoms with Crippen molar-refractivity contribution in [2.75, 3.05) is 7.11 Å². The molecule has 2 rings (SSSR count). The van der Waals surface area contributed by atoms with Crippen LogP contribution in [0.3, 0.4) is 0 Å². The first-order valence-electron chi connectivity index (χ1n) is 6.37. The third-order valence-corrected chi connectivity index (χ3v) is 2.78. The highest BCUT2D eigenvalue weighted by molar-refractivity contribution is 5.33. The van der Waals surface area contributed by atoms with Gasteiger partial charge in [-0.15, -0.1) is 5.10 Å². The lowest BCUT2D eigenvalue weighted by Crippen LogP contribution is -2.09. The predicted octanol–water partition coefficient (Wildman–Crippen LogP) is 2.31. The monoisotopic (exact) mass is 284 g/mol. The van der Waals surface area contributed by atoms with E-state index in [4.69, 9.17) is 14.7 Å². The van der Waals surface area contributed by atoms with Gasteiger partial charge in [-0.1, -0.05) is 23.4 Å². The van der Waals surface area contributed by atoms with Gasteiger partial charge in [-0.05, 0) is 19.1 Å². The van der Waals surface area contributed by atoms with Crippen LogP contribution in [-0.4, -0.2) is 22.1 Å². The molecule has 21 heavy (non-hydrogen) atoms. The summed E-state index contributed by atoms with van der Waals surface area (Å²) < 4.78 is 12.5. The lowest BCUT2D eigenvalue weighted by Gasteiger charge is -2.09. The first-order valence-corrected chi connectivity index (χ1v) is 6.37. The molecule has 6 heteroatoms. The third-order valence-electron chi connectivity index (χ3n) is 2.78. The van der Waals surface area contributed by atoms with Gasteiger partial charge >= 0.3 is 0 Å². The maximum Gasteiger partial charge on any atom is 0.189 e. The van der Waals surface area contributed by atoms with Crippen molar-refractivity contribution in [1.29, 1.82) is 5.26 Å². The topological polar surface area (TPSA) is 73.0 Å². The second kappa shape index (κ2) is 6.57. The maximum absolute atomic E-state index is 9.08. The highest BCUT2D eigenvalue weighted by Crippen LogP contribution is 2.20. The van der Waals surface area contributed by atoms with Crippen LogP contribution in [0, 0.1) is 11.3 Å². The zero-order valence-corrected chi connectivity index (χ0v) is 12.0. The summed E-state index contributed by atoms with van der Waals surface area (Å²) in [6, 6.07) is 9.29. The molecule has 0 N–H and O–H groups in total. The summed E-state index contributed by atoms with van der Waals surface area (Å²) in [4.78, 5) is 0. The molecular weight excluding hydrogens is 268 g/mol. The molecule has 2 aromatic rings. The van der Waals surface area contributed by atoms with E-state index < -0.39 is 0 Å². The Morgan fingerprint density at radius 1 is 1.43 bits per heavy atom. The third kappa shape index (κ3) is 3.60. The van der Waals surface area contributed by atoms with E-state index in [1.54, 1.807) is 17.9 Å². The van der Waals surface area contributed by atoms with Crippen LogP contribution in [-0.2, 0) is 13.2 Å². The van der Waals surface area contributed by atoms with E-state index in [0.29, 0.717) is 23.7 Å². The summed E-state index contributed by atoms with van der Waals surface area (Å²) in [5.74, 6) is 1.36. The van der Waals surface area contributed by atoms with Crippen molar-refractivity contribution >= 4 is 0 Å². The summed E-state index contributed by atoms with van der Waals surface area (Å²) in [6.07, 6.45) is 0. The molecule has 0 amide bonds. The van der Waals surface area contributed by atoms with Crippen molar-refractivity contribution in [3.63, 3.8) is 0 Å². The Balaban J connectivity index is 2.16. The number of hydrogen-bond acceptors (Lipinski definition) is 5. The summed E-state index contributed by atoms with van der Waals surface area (Å²) in [5, 5.41) is 16.9. The Hall–Kier alpha value is -2.81. The number of rotatable bonds is 6. The van der Waals surface area contributed by atoms with Gasteiger partial charge in [0.05, 0.1) is 13.7 Å². The average Bonchev–Trinajstić information content (AvgIpc) is 2.86. The molecular formula is C15H16N4O2. The second-order valence-corrected chi connectivity index (χ2v) is 4.58. The summed E-state index contributed by atoms with van der Waals surface area (Å²) in [7, 11) is 1.60. The van der Waals surface area contributed by atoms with E-state index in [9.17, 15) is 0 Å². The van der Waals surface area contributed by atoms with Crippen molar-refractivity contribution in [3.8, 4) is 17.6 Å². The number of aromatic nitrogens is 3. The first kappa shape index (κ1) is 14.6. The fraction of sp³-hybridized carbons (Fsp3) is 0.267. The lowest BCUT2D eigenvalue weighted by atomic mass is 10.3. The van der Waals surface area contributed by atoms with Crippen molar-refractivity contribution in [1.82, 2.24) is 15.0 Å². The number of ether oxygens (including phenoxy) is 2. The molecule has 1 aromatic heterocycles. The molecule has 0 aliphatic rings. The van der Waals surface area contributed by atoms with E-state index >= 15 is 0 Å². The average molecular weight is 284 g/mol. The van der Waals surface area contributed by atoms with Crippen molar-refractivity contribution in [3.05, 3.63) is 47.8 Å². The molecule has 0 unspecified atom stereocenters. The highest BCUT2D eigenvalue weighted by atomic mass is 16.5. The lowest BCUT2D eigenvalue weighted by molar-refractivity contribution is 0.290. The van der Waals surface area contributed by atoms with Gasteiger partial charge in [0, 0.05) is 6.07 Å². The van der Waals surface area contributed by atoms with Gasteiger partial charge in [-0.3, -0.25) is 0 Å². The number of allylic oxidation sites excluding steroid dienone is 1. The standard InChI is InChI=1S/C15H16N4O2/c1-11(2)9-19-15(14(8-16)17-18-19)10-21-13-6-4-5-12(7-13)20-3/h4-7H,1,9-10H2,2-3H3. The van der Waals surface area contributed by atoms with Gasteiger partial charge in [0.15, 0.2) is 5.69 Å². The first-order chi connectivity index (χ1) is 10.1. The molecule has 1 heterocycles. The number of nitrogens with zero attached hydrogens (tertiary/aromatic N) is 4. The molecule has 0 saturated heterocycles. The van der Waals surface area contributed by atoms with Gasteiger partial charge in [0.1, 0.15) is 29.9 Å². The Bertz CT molecular complexity index is 685. The van der Waals surface area contributed by atoms with Crippen LogP contribution < -0.4 is 9.47 Å². The van der Waals surface area contributed by atoms with Gasteiger partial charge in [0.25, 0.3) is 0 Å². The second-order valence-electron chi connectivity index (χ2n) is 4.58. The van der Waals surface area contributed by atoms with Crippen molar-refractivity contribution in [2.24, 2.45) is 0 Å². The zero-order valence-electron chi connectivity index (χ0n) is 12.0. The zero-order chi connectivity index (χ0) is 15.2. The van der Waals surface area contributed by atoms with Crippen LogP contribution in [0.5, 0.6) is 11.5 Å². The molecule has 0 atom stereocenters. The fourth-order valence-electron chi connectivity index (χ4n) is 1.79. The molecule has 1 aromatic carbocycles. The Morgan fingerprint density at radius 3 is 2.86 bits per heavy atom. The van der Waals surface area contributed by atoms with E-state index in [1.165, 1.54) is 0 Å². The molecule has 6 nitrogen and oxygen atoms in total. The summed E-state index contributed by atoms with van der Waals surface area (Å²) in [6.45, 7) is 6.44. The number of nitriles is 1. The maximum atomic E-state index is 9.08. The normalized spacial score (nSPS) is 9.95. The van der Waals surface area contributed by atoms with Crippen LogP contribution in [0.2, 0.25) is 0 Å². The van der Waals surface area contributed by atoms with Crippen LogP contribution in [0.15, 0.2) is 36.4 Å². The van der Waals surface area contributed by atoms with Gasteiger partial charge in [-0.2, -0.15) is 5.26 Å². The fourth-order valence-corrected chi connectivity index (χ4v) is 1.79. The van der Waals surface area contributed by atoms with Gasteiger partial charge in [-0.25, -0.2) is 4.68 Å². The molecule has 108 valence electrons. The number of hydrogen-bond donors (Lipinski definition) is 0. The van der Waals surface area contributed by atoms with Gasteiger partial charge in [0.2, 0.25) is 0 Å². The van der Waals surface area contributed by atoms with E-state index in [1.807, 2.05) is 31.2 Å². The minimum absolute atomic E-state index is 0.205. The SMILES string of the molecule is C=C(C)Cn1nnc(C#N)c1COc1cccc(OC)c1.